The van der Waals surface area contributed by atoms with Gasteiger partial charge < -0.3 is 42.8 Å². The first-order valence-corrected chi connectivity index (χ1v) is 9.50. The molecule has 2 saturated heterocycles. The van der Waals surface area contributed by atoms with Crippen molar-refractivity contribution in [1.82, 2.24) is 10.6 Å². The van der Waals surface area contributed by atoms with Crippen molar-refractivity contribution >= 4 is 23.9 Å². The van der Waals surface area contributed by atoms with Gasteiger partial charge in [0, 0.05) is 6.54 Å². The van der Waals surface area contributed by atoms with E-state index in [1.165, 1.54) is 7.11 Å². The van der Waals surface area contributed by atoms with Gasteiger partial charge in [-0.3, -0.25) is 19.4 Å². The molecule has 10 N–H and O–H groups in total. The summed E-state index contributed by atoms with van der Waals surface area (Å²) in [4.78, 5) is 34.8. The number of esters is 1. The van der Waals surface area contributed by atoms with Crippen LogP contribution in [0, 0.1) is 0 Å². The zero-order valence-electron chi connectivity index (χ0n) is 16.8. The molecule has 0 aromatic carbocycles. The number of nitrogens with one attached hydrogen (secondary N) is 2. The molecule has 168 valence electrons. The van der Waals surface area contributed by atoms with Gasteiger partial charge in [-0.25, -0.2) is 0 Å². The van der Waals surface area contributed by atoms with Crippen LogP contribution in [0.5, 0.6) is 0 Å². The molecule has 2 rings (SSSR count). The van der Waals surface area contributed by atoms with Crippen LogP contribution in [-0.2, 0) is 19.1 Å². The lowest BCUT2D eigenvalue weighted by Gasteiger charge is -2.04. The summed E-state index contributed by atoms with van der Waals surface area (Å²) < 4.78 is 4.53. The molecule has 0 bridgehead atoms. The zero-order chi connectivity index (χ0) is 22.2. The molecule has 0 aromatic rings. The van der Waals surface area contributed by atoms with Crippen LogP contribution >= 0.6 is 0 Å². The van der Waals surface area contributed by atoms with Crippen LogP contribution < -0.4 is 27.8 Å². The van der Waals surface area contributed by atoms with Crippen LogP contribution in [0.4, 0.5) is 0 Å². The number of nitrogens with zero attached hydrogens (tertiary/aromatic N) is 1. The first-order valence-electron chi connectivity index (χ1n) is 9.50. The number of aliphatic carboxylic acids is 2. The molecule has 2 aliphatic heterocycles. The maximum atomic E-state index is 10.7. The van der Waals surface area contributed by atoms with Gasteiger partial charge in [0.2, 0.25) is 0 Å². The fourth-order valence-electron chi connectivity index (χ4n) is 2.57. The van der Waals surface area contributed by atoms with E-state index in [2.05, 4.69) is 20.4 Å². The van der Waals surface area contributed by atoms with Gasteiger partial charge in [0.05, 0.1) is 7.11 Å². The van der Waals surface area contributed by atoms with Gasteiger partial charge in [0.25, 0.3) is 0 Å². The summed E-state index contributed by atoms with van der Waals surface area (Å²) in [5.41, 5.74) is 15.3. The largest absolute Gasteiger partial charge is 0.480 e. The summed E-state index contributed by atoms with van der Waals surface area (Å²) >= 11 is 0. The maximum absolute atomic E-state index is 10.7. The number of carboxylic acid groups (broad SMARTS) is 2. The van der Waals surface area contributed by atoms with E-state index in [1.54, 1.807) is 0 Å². The Bertz CT molecular complexity index is 529. The highest BCUT2D eigenvalue weighted by atomic mass is 16.5. The summed E-state index contributed by atoms with van der Waals surface area (Å²) in [5.74, 6) is -1.84. The van der Waals surface area contributed by atoms with Crippen molar-refractivity contribution in [3.05, 3.63) is 0 Å². The molecule has 2 aliphatic rings. The van der Waals surface area contributed by atoms with Crippen LogP contribution in [0.25, 0.3) is 0 Å². The van der Waals surface area contributed by atoms with Gasteiger partial charge in [0.1, 0.15) is 18.1 Å². The van der Waals surface area contributed by atoms with Gasteiger partial charge in [-0.05, 0) is 51.6 Å². The van der Waals surface area contributed by atoms with Crippen LogP contribution in [0.1, 0.15) is 38.5 Å². The Balaban J connectivity index is 0.000000414. The van der Waals surface area contributed by atoms with Crippen LogP contribution in [-0.4, -0.2) is 79.0 Å². The molecule has 12 heteroatoms. The number of ether oxygens (including phenoxy) is 1. The number of nitrogens with two attached hydrogens (primary N) is 3. The summed E-state index contributed by atoms with van der Waals surface area (Å²) in [5, 5.41) is 22.6. The van der Waals surface area contributed by atoms with Gasteiger partial charge in [0.15, 0.2) is 5.96 Å². The lowest BCUT2D eigenvalue weighted by molar-refractivity contribution is -0.142. The Morgan fingerprint density at radius 2 is 1.66 bits per heavy atom. The fraction of sp³-hybridized carbons (Fsp3) is 0.765. The first kappa shape index (κ1) is 26.6. The third kappa shape index (κ3) is 13.4. The van der Waals surface area contributed by atoms with Crippen molar-refractivity contribution in [2.24, 2.45) is 22.2 Å². The molecule has 2 heterocycles. The zero-order valence-corrected chi connectivity index (χ0v) is 16.8. The average Bonchev–Trinajstić information content (AvgIpc) is 3.39. The molecule has 29 heavy (non-hydrogen) atoms. The Labute approximate surface area is 170 Å². The van der Waals surface area contributed by atoms with Crippen LogP contribution in [0.15, 0.2) is 4.99 Å². The van der Waals surface area contributed by atoms with E-state index in [0.29, 0.717) is 19.4 Å². The Morgan fingerprint density at radius 3 is 2.00 bits per heavy atom. The summed E-state index contributed by atoms with van der Waals surface area (Å²) in [6.07, 6.45) is 4.75. The normalized spacial score (nSPS) is 20.9. The van der Waals surface area contributed by atoms with Crippen molar-refractivity contribution in [2.45, 2.75) is 56.7 Å². The van der Waals surface area contributed by atoms with E-state index in [4.69, 9.17) is 27.4 Å². The molecule has 0 amide bonds. The van der Waals surface area contributed by atoms with E-state index >= 15 is 0 Å². The second-order valence-electron chi connectivity index (χ2n) is 6.55. The van der Waals surface area contributed by atoms with E-state index in [-0.39, 0.29) is 24.0 Å². The van der Waals surface area contributed by atoms with Crippen molar-refractivity contribution in [2.75, 3.05) is 26.7 Å². The number of carboxylic acids is 2. The van der Waals surface area contributed by atoms with E-state index in [9.17, 15) is 14.4 Å². The molecule has 0 spiro atoms. The lowest BCUT2D eigenvalue weighted by atomic mass is 10.2. The summed E-state index contributed by atoms with van der Waals surface area (Å²) in [6, 6.07) is -1.12. The Morgan fingerprint density at radius 1 is 1.10 bits per heavy atom. The molecule has 0 aliphatic carbocycles. The molecular formula is C17H34N6O6. The fourth-order valence-corrected chi connectivity index (χ4v) is 2.57. The number of methoxy groups -OCH3 is 1. The monoisotopic (exact) mass is 418 g/mol. The van der Waals surface area contributed by atoms with Gasteiger partial charge >= 0.3 is 17.9 Å². The van der Waals surface area contributed by atoms with Crippen LogP contribution in [0.3, 0.4) is 0 Å². The Kier molecular flexibility index (Phi) is 14.2. The Hall–Kier alpha value is -2.44. The van der Waals surface area contributed by atoms with Crippen molar-refractivity contribution in [3.63, 3.8) is 0 Å². The second kappa shape index (κ2) is 15.5. The predicted molar refractivity (Wildman–Crippen MR) is 107 cm³/mol. The lowest BCUT2D eigenvalue weighted by Crippen LogP contribution is -2.31. The topological polar surface area (TPSA) is 215 Å². The number of guanidine groups is 1. The maximum Gasteiger partial charge on any atom is 0.322 e. The summed E-state index contributed by atoms with van der Waals surface area (Å²) in [7, 11) is 1.42. The first-order chi connectivity index (χ1) is 13.7. The molecule has 0 unspecified atom stereocenters. The third-order valence-corrected chi connectivity index (χ3v) is 4.19. The SMILES string of the molecule is COC(=O)[C@@H]1CCCN1.NC(N)=NCCC[C@H](N)C(=O)O.O=C(O)[C@@H]1CCCN1. The van der Waals surface area contributed by atoms with Gasteiger partial charge in [-0.1, -0.05) is 0 Å². The van der Waals surface area contributed by atoms with Gasteiger partial charge in [-0.2, -0.15) is 0 Å². The van der Waals surface area contributed by atoms with Crippen LogP contribution in [0.2, 0.25) is 0 Å². The number of rotatable bonds is 7. The third-order valence-electron chi connectivity index (χ3n) is 4.19. The minimum absolute atomic E-state index is 0.0129. The molecule has 0 saturated carbocycles. The highest BCUT2D eigenvalue weighted by molar-refractivity contribution is 5.76. The highest BCUT2D eigenvalue weighted by Crippen LogP contribution is 2.05. The predicted octanol–water partition coefficient (Wildman–Crippen LogP) is -1.81. The van der Waals surface area contributed by atoms with E-state index < -0.39 is 18.0 Å². The second-order valence-corrected chi connectivity index (χ2v) is 6.55. The average molecular weight is 418 g/mol. The summed E-state index contributed by atoms with van der Waals surface area (Å²) in [6.45, 7) is 2.22. The number of hydrogen-bond acceptors (Lipinski definition) is 8. The quantitative estimate of drug-likeness (QED) is 0.106. The minimum Gasteiger partial charge on any atom is -0.480 e. The van der Waals surface area contributed by atoms with Gasteiger partial charge in [-0.15, -0.1) is 0 Å². The highest BCUT2D eigenvalue weighted by Gasteiger charge is 2.22. The smallest absolute Gasteiger partial charge is 0.322 e. The van der Waals surface area contributed by atoms with Crippen molar-refractivity contribution in [3.8, 4) is 0 Å². The van der Waals surface area contributed by atoms with E-state index in [1.807, 2.05) is 0 Å². The molecule has 0 radical (unpaired) electrons. The standard InChI is InChI=1S/C6H14N4O2.C6H11NO2.C5H9NO2/c7-4(5(11)12)2-1-3-10-6(8)9;1-9-6(8)5-3-2-4-7-5;7-5(8)4-2-1-3-6-4/h4H,1-3,7H2,(H,11,12)(H4,8,9,10);5,7H,2-4H2,1H3;4,6H,1-3H2,(H,7,8)/t4-;5-;4-/m000/s1. The molecule has 0 aromatic heterocycles. The molecule has 3 atom stereocenters. The number of carbonyl (C=O) groups excluding carboxylic acids is 1. The molecule has 12 nitrogen and oxygen atoms in total. The van der Waals surface area contributed by atoms with Crippen molar-refractivity contribution in [1.29, 1.82) is 0 Å². The minimum atomic E-state index is -1.00. The molecular weight excluding hydrogens is 384 g/mol. The number of carbonyl (C=O) groups is 3. The molecule has 2 fully saturated rings. The number of hydrogen-bond donors (Lipinski definition) is 7. The van der Waals surface area contributed by atoms with Crippen molar-refractivity contribution < 1.29 is 29.3 Å². The number of aliphatic imine (C=N–C) groups is 1. The van der Waals surface area contributed by atoms with E-state index in [0.717, 1.165) is 38.8 Å².